The van der Waals surface area contributed by atoms with Crippen molar-refractivity contribution in [1.82, 2.24) is 14.8 Å². The van der Waals surface area contributed by atoms with Gasteiger partial charge in [0.2, 0.25) is 0 Å². The average Bonchev–Trinajstić information content (AvgIpc) is 3.22. The van der Waals surface area contributed by atoms with Crippen molar-refractivity contribution in [2.24, 2.45) is 0 Å². The van der Waals surface area contributed by atoms with Gasteiger partial charge in [0.05, 0.1) is 38.5 Å². The van der Waals surface area contributed by atoms with E-state index in [9.17, 15) is 24.1 Å². The van der Waals surface area contributed by atoms with Gasteiger partial charge in [0.15, 0.2) is 5.65 Å². The van der Waals surface area contributed by atoms with Crippen molar-refractivity contribution >= 4 is 34.2 Å². The Morgan fingerprint density at radius 1 is 1.03 bits per heavy atom. The van der Waals surface area contributed by atoms with Crippen LogP contribution in [0.1, 0.15) is 26.4 Å². The van der Waals surface area contributed by atoms with Crippen LogP contribution in [-0.4, -0.2) is 31.5 Å². The second kappa shape index (κ2) is 6.52. The number of aryl methyl sites for hydroxylation is 1. The van der Waals surface area contributed by atoms with Crippen molar-refractivity contribution in [2.75, 3.05) is 4.90 Å². The molecule has 3 heterocycles. The Labute approximate surface area is 173 Å². The zero-order valence-corrected chi connectivity index (χ0v) is 15.9. The molecule has 1 aliphatic rings. The van der Waals surface area contributed by atoms with E-state index < -0.39 is 22.6 Å². The van der Waals surface area contributed by atoms with Gasteiger partial charge in [-0.3, -0.25) is 19.7 Å². The van der Waals surface area contributed by atoms with Crippen LogP contribution in [0.5, 0.6) is 0 Å². The number of amides is 2. The molecule has 0 N–H and O–H groups in total. The summed E-state index contributed by atoms with van der Waals surface area (Å²) in [6.45, 7) is 1.67. The predicted molar refractivity (Wildman–Crippen MR) is 108 cm³/mol. The molecule has 0 bridgehead atoms. The highest BCUT2D eigenvalue weighted by molar-refractivity contribution is 6.37. The molecule has 0 saturated carbocycles. The molecule has 31 heavy (non-hydrogen) atoms. The number of benzene rings is 2. The van der Waals surface area contributed by atoms with Crippen molar-refractivity contribution in [1.29, 1.82) is 0 Å². The molecule has 0 aliphatic carbocycles. The van der Waals surface area contributed by atoms with Crippen molar-refractivity contribution in [3.8, 4) is 5.69 Å². The van der Waals surface area contributed by atoms with Gasteiger partial charge in [0.1, 0.15) is 5.82 Å². The maximum Gasteiger partial charge on any atom is 0.269 e. The van der Waals surface area contributed by atoms with Gasteiger partial charge in [-0.05, 0) is 37.3 Å². The Kier molecular flexibility index (Phi) is 3.90. The summed E-state index contributed by atoms with van der Waals surface area (Å²) >= 11 is 0. The fourth-order valence-corrected chi connectivity index (χ4v) is 3.71. The topological polar surface area (TPSA) is 111 Å². The molecule has 9 nitrogen and oxygen atoms in total. The fraction of sp³-hybridized carbons (Fsp3) is 0.0476. The zero-order valence-electron chi connectivity index (χ0n) is 15.9. The molecule has 5 rings (SSSR count). The van der Waals surface area contributed by atoms with Crippen LogP contribution in [0.15, 0.2) is 54.7 Å². The number of carbonyl (C=O) groups is 2. The number of aromatic nitrogens is 3. The van der Waals surface area contributed by atoms with Crippen LogP contribution in [0.4, 0.5) is 15.8 Å². The van der Waals surface area contributed by atoms with Crippen LogP contribution >= 0.6 is 0 Å². The highest BCUT2D eigenvalue weighted by atomic mass is 19.1. The summed E-state index contributed by atoms with van der Waals surface area (Å²) in [4.78, 5) is 41.8. The van der Waals surface area contributed by atoms with E-state index in [0.717, 1.165) is 4.90 Å². The number of anilines is 1. The van der Waals surface area contributed by atoms with E-state index in [1.165, 1.54) is 53.3 Å². The first kappa shape index (κ1) is 18.6. The van der Waals surface area contributed by atoms with Gasteiger partial charge in [-0.1, -0.05) is 6.07 Å². The third kappa shape index (κ3) is 2.69. The maximum atomic E-state index is 13.7. The summed E-state index contributed by atoms with van der Waals surface area (Å²) in [6.07, 6.45) is 1.29. The molecule has 10 heteroatoms. The van der Waals surface area contributed by atoms with E-state index in [-0.39, 0.29) is 22.5 Å². The first-order chi connectivity index (χ1) is 14.9. The molecule has 0 atom stereocenters. The van der Waals surface area contributed by atoms with Gasteiger partial charge in [-0.2, -0.15) is 5.10 Å². The second-order valence-corrected chi connectivity index (χ2v) is 6.94. The van der Waals surface area contributed by atoms with Crippen molar-refractivity contribution in [2.45, 2.75) is 6.92 Å². The monoisotopic (exact) mass is 417 g/mol. The van der Waals surface area contributed by atoms with Gasteiger partial charge < -0.3 is 0 Å². The number of nitro benzene ring substituents is 1. The molecule has 152 valence electrons. The molecule has 0 saturated heterocycles. The summed E-state index contributed by atoms with van der Waals surface area (Å²) in [7, 11) is 0. The van der Waals surface area contributed by atoms with Gasteiger partial charge >= 0.3 is 0 Å². The SMILES string of the molecule is Cc1nn(-c2cccc(F)c2)c2ncc3c(c12)C(=O)N(c1ccc([N+](=O)[O-])cc1)C3=O. The molecule has 2 amide bonds. The van der Waals surface area contributed by atoms with E-state index in [2.05, 4.69) is 10.1 Å². The van der Waals surface area contributed by atoms with Gasteiger partial charge in [-0.15, -0.1) is 0 Å². The molecular weight excluding hydrogens is 405 g/mol. The fourth-order valence-electron chi connectivity index (χ4n) is 3.71. The van der Waals surface area contributed by atoms with E-state index in [0.29, 0.717) is 22.4 Å². The number of pyridine rings is 1. The number of rotatable bonds is 3. The molecule has 0 fully saturated rings. The van der Waals surface area contributed by atoms with Crippen LogP contribution in [0, 0.1) is 22.9 Å². The van der Waals surface area contributed by atoms with E-state index >= 15 is 0 Å². The number of hydrogen-bond acceptors (Lipinski definition) is 6. The first-order valence-corrected chi connectivity index (χ1v) is 9.14. The Hall–Kier alpha value is -4.47. The molecule has 0 unspecified atom stereocenters. The van der Waals surface area contributed by atoms with E-state index in [1.54, 1.807) is 13.0 Å². The summed E-state index contributed by atoms with van der Waals surface area (Å²) in [6, 6.07) is 10.9. The largest absolute Gasteiger partial charge is 0.269 e. The lowest BCUT2D eigenvalue weighted by Crippen LogP contribution is -2.29. The van der Waals surface area contributed by atoms with E-state index in [4.69, 9.17) is 0 Å². The lowest BCUT2D eigenvalue weighted by Gasteiger charge is -2.13. The van der Waals surface area contributed by atoms with Crippen LogP contribution < -0.4 is 4.90 Å². The minimum Gasteiger partial charge on any atom is -0.268 e. The summed E-state index contributed by atoms with van der Waals surface area (Å²) in [5.41, 5.74) is 1.50. The molecule has 2 aromatic carbocycles. The standard InChI is InChI=1S/C21H12FN5O4/c1-11-17-18-16(10-23-19(17)26(24-11)15-4-2-3-12(22)9-15)20(28)25(21(18)29)13-5-7-14(8-6-13)27(30)31/h2-10H,1H3. The summed E-state index contributed by atoms with van der Waals surface area (Å²) in [5.74, 6) is -1.61. The number of halogens is 1. The highest BCUT2D eigenvalue weighted by Gasteiger charge is 2.40. The Bertz CT molecular complexity index is 1430. The van der Waals surface area contributed by atoms with Crippen LogP contribution in [0.25, 0.3) is 16.7 Å². The highest BCUT2D eigenvalue weighted by Crippen LogP contribution is 2.35. The third-order valence-corrected chi connectivity index (χ3v) is 5.09. The predicted octanol–water partition coefficient (Wildman–Crippen LogP) is 3.58. The lowest BCUT2D eigenvalue weighted by molar-refractivity contribution is -0.384. The number of hydrogen-bond donors (Lipinski definition) is 0. The molecule has 0 spiro atoms. The Balaban J connectivity index is 1.66. The quantitative estimate of drug-likeness (QED) is 0.286. The van der Waals surface area contributed by atoms with Crippen LogP contribution in [0.3, 0.4) is 0 Å². The van der Waals surface area contributed by atoms with Crippen molar-refractivity contribution < 1.29 is 18.9 Å². The number of non-ortho nitro benzene ring substituents is 1. The average molecular weight is 417 g/mol. The summed E-state index contributed by atoms with van der Waals surface area (Å²) in [5, 5.41) is 15.7. The van der Waals surface area contributed by atoms with E-state index in [1.807, 2.05) is 0 Å². The summed E-state index contributed by atoms with van der Waals surface area (Å²) < 4.78 is 15.1. The van der Waals surface area contributed by atoms with Crippen LogP contribution in [-0.2, 0) is 0 Å². The van der Waals surface area contributed by atoms with Gasteiger partial charge in [0.25, 0.3) is 17.5 Å². The third-order valence-electron chi connectivity index (χ3n) is 5.09. The van der Waals surface area contributed by atoms with Gasteiger partial charge in [0, 0.05) is 18.3 Å². The number of fused-ring (bicyclic) bond motifs is 3. The normalized spacial score (nSPS) is 13.2. The smallest absolute Gasteiger partial charge is 0.268 e. The molecular formula is C21H12FN5O4. The molecule has 0 radical (unpaired) electrons. The van der Waals surface area contributed by atoms with Gasteiger partial charge in [-0.25, -0.2) is 19.0 Å². The molecule has 4 aromatic rings. The number of nitro groups is 1. The minimum atomic E-state index is -0.582. The number of imide groups is 1. The zero-order chi connectivity index (χ0) is 21.9. The minimum absolute atomic E-state index is 0.109. The van der Waals surface area contributed by atoms with Crippen molar-refractivity contribution in [3.63, 3.8) is 0 Å². The van der Waals surface area contributed by atoms with Crippen molar-refractivity contribution in [3.05, 3.63) is 87.5 Å². The maximum absolute atomic E-state index is 13.7. The Morgan fingerprint density at radius 3 is 2.45 bits per heavy atom. The second-order valence-electron chi connectivity index (χ2n) is 6.94. The lowest BCUT2D eigenvalue weighted by atomic mass is 10.1. The Morgan fingerprint density at radius 2 is 1.77 bits per heavy atom. The van der Waals surface area contributed by atoms with Crippen LogP contribution in [0.2, 0.25) is 0 Å². The number of nitrogens with zero attached hydrogens (tertiary/aromatic N) is 5. The molecule has 1 aliphatic heterocycles. The first-order valence-electron chi connectivity index (χ1n) is 9.14. The molecule has 2 aromatic heterocycles. The number of carbonyl (C=O) groups excluding carboxylic acids is 2.